The van der Waals surface area contributed by atoms with Gasteiger partial charge in [-0.2, -0.15) is 0 Å². The van der Waals surface area contributed by atoms with Gasteiger partial charge in [-0.05, 0) is 154 Å². The van der Waals surface area contributed by atoms with E-state index in [-0.39, 0.29) is 19.3 Å². The number of rotatable bonds is 96. The Morgan fingerprint density at radius 2 is 0.424 bits per heavy atom. The molecule has 0 radical (unpaired) electrons. The highest BCUT2D eigenvalue weighted by Gasteiger charge is 2.30. The third kappa shape index (κ3) is 99.6. The molecule has 0 heterocycles. The summed E-state index contributed by atoms with van der Waals surface area (Å²) in [4.78, 5) is 59.2. The molecule has 0 aromatic carbocycles. The largest absolute Gasteiger partial charge is 0.472 e. The summed E-state index contributed by atoms with van der Waals surface area (Å²) in [6.45, 7) is 2.58. The average Bonchev–Trinajstić information content (AvgIpc) is 0.901. The maximum absolute atomic E-state index is 13.1. The van der Waals surface area contributed by atoms with Gasteiger partial charge in [-0.3, -0.25) is 32.5 Å². The maximum atomic E-state index is 13.1. The molecule has 0 aromatic rings. The predicted octanol–water partition coefficient (Wildman–Crippen LogP) is 32.0. The second-order valence-corrected chi connectivity index (χ2v) is 36.8. The number of carbonyl (C=O) groups is 3. The molecule has 4 N–H and O–H groups in total. The van der Waals surface area contributed by atoms with Crippen LogP contribution >= 0.6 is 15.6 Å². The van der Waals surface area contributed by atoms with Crippen LogP contribution in [0.1, 0.15) is 445 Å². The number of allylic oxidation sites excluding steroid dienone is 26. The van der Waals surface area contributed by atoms with Crippen LogP contribution in [0, 0.1) is 0 Å². The van der Waals surface area contributed by atoms with Crippen LogP contribution in [0.15, 0.2) is 158 Å². The van der Waals surface area contributed by atoms with Gasteiger partial charge in [0, 0.05) is 19.3 Å². The number of esters is 3. The van der Waals surface area contributed by atoms with Gasteiger partial charge in [0.25, 0.3) is 0 Å². The van der Waals surface area contributed by atoms with Gasteiger partial charge < -0.3 is 34.2 Å². The van der Waals surface area contributed by atoms with Crippen LogP contribution in [0.5, 0.6) is 0 Å². The lowest BCUT2D eigenvalue weighted by atomic mass is 10.0. The first-order chi connectivity index (χ1) is 61.2. The summed E-state index contributed by atoms with van der Waals surface area (Å²) < 4.78 is 61.6. The van der Waals surface area contributed by atoms with Crippen LogP contribution in [-0.4, -0.2) is 95.9 Å². The van der Waals surface area contributed by atoms with E-state index in [1.54, 1.807) is 0 Å². The zero-order valence-electron chi connectivity index (χ0n) is 79.7. The summed E-state index contributed by atoms with van der Waals surface area (Å²) >= 11 is 0. The fourth-order valence-corrected chi connectivity index (χ4v) is 15.6. The van der Waals surface area contributed by atoms with E-state index in [1.807, 2.05) is 0 Å². The summed E-state index contributed by atoms with van der Waals surface area (Å²) in [7, 11) is -9.82. The van der Waals surface area contributed by atoms with E-state index < -0.39 is 91.5 Å². The van der Waals surface area contributed by atoms with Crippen molar-refractivity contribution in [3.63, 3.8) is 0 Å². The van der Waals surface area contributed by atoms with Gasteiger partial charge >= 0.3 is 33.6 Å². The lowest BCUT2D eigenvalue weighted by Crippen LogP contribution is -2.30. The number of hydrogen-bond acceptors (Lipinski definition) is 14. The van der Waals surface area contributed by atoms with Crippen LogP contribution in [0.3, 0.4) is 0 Å². The molecule has 0 fully saturated rings. The van der Waals surface area contributed by atoms with Crippen molar-refractivity contribution in [2.75, 3.05) is 39.6 Å². The summed E-state index contributed by atoms with van der Waals surface area (Å²) in [6, 6.07) is 0. The van der Waals surface area contributed by atoms with Crippen molar-refractivity contribution in [1.82, 2.24) is 0 Å². The topological polar surface area (TPSA) is 231 Å². The number of hydrogen-bond donors (Lipinski definition) is 4. The third-order valence-corrected chi connectivity index (χ3v) is 23.6. The van der Waals surface area contributed by atoms with Gasteiger partial charge in [0.05, 0.1) is 26.4 Å². The van der Waals surface area contributed by atoms with Gasteiger partial charge in [-0.1, -0.05) is 429 Å². The van der Waals surface area contributed by atoms with Crippen molar-refractivity contribution in [1.29, 1.82) is 0 Å². The van der Waals surface area contributed by atoms with E-state index in [9.17, 15) is 43.5 Å². The number of aliphatic hydroxyl groups excluding tert-OH is 2. The van der Waals surface area contributed by atoms with E-state index in [4.69, 9.17) is 32.3 Å². The Kier molecular flexibility index (Phi) is 94.4. The smallest absolute Gasteiger partial charge is 0.463 e. The van der Waals surface area contributed by atoms with Crippen LogP contribution in [0.2, 0.25) is 0 Å². The van der Waals surface area contributed by atoms with Crippen molar-refractivity contribution in [2.24, 2.45) is 0 Å². The zero-order valence-corrected chi connectivity index (χ0v) is 81.5. The van der Waals surface area contributed by atoms with Crippen molar-refractivity contribution >= 4 is 33.6 Å². The Labute approximate surface area is 765 Å². The minimum absolute atomic E-state index is 0.0903. The molecule has 0 saturated carbocycles. The quantitative estimate of drug-likeness (QED) is 0.0146. The minimum atomic E-state index is -4.95. The van der Waals surface area contributed by atoms with Gasteiger partial charge in [0.2, 0.25) is 0 Å². The summed E-state index contributed by atoms with van der Waals surface area (Å²) in [5.74, 6) is -1.57. The number of ether oxygens (including phenoxy) is 3. The summed E-state index contributed by atoms with van der Waals surface area (Å²) in [6.07, 6.45) is 127. The number of carbonyl (C=O) groups excluding carboxylic acids is 3. The van der Waals surface area contributed by atoms with Crippen molar-refractivity contribution in [3.8, 4) is 0 Å². The molecule has 0 saturated heterocycles. The number of phosphoric ester groups is 2. The Morgan fingerprint density at radius 3 is 0.672 bits per heavy atom. The highest BCUT2D eigenvalue weighted by atomic mass is 31.2. The average molecular weight is 1790 g/mol. The second-order valence-electron chi connectivity index (χ2n) is 33.9. The Morgan fingerprint density at radius 1 is 0.232 bits per heavy atom. The van der Waals surface area contributed by atoms with E-state index >= 15 is 0 Å². The van der Waals surface area contributed by atoms with Gasteiger partial charge in [0.1, 0.15) is 25.4 Å². The number of unbranched alkanes of at least 4 members (excludes halogenated alkanes) is 47. The van der Waals surface area contributed by atoms with E-state index in [1.165, 1.54) is 231 Å². The Bertz CT molecular complexity index is 2900. The number of aliphatic hydroxyl groups is 2. The summed E-state index contributed by atoms with van der Waals surface area (Å²) in [5, 5.41) is 20.8. The van der Waals surface area contributed by atoms with Crippen LogP contribution in [-0.2, 0) is 55.8 Å². The molecule has 0 spiro atoms. The first kappa shape index (κ1) is 120. The lowest BCUT2D eigenvalue weighted by molar-refractivity contribution is -0.161. The first-order valence-electron chi connectivity index (χ1n) is 50.8. The highest BCUT2D eigenvalue weighted by molar-refractivity contribution is 7.47. The minimum Gasteiger partial charge on any atom is -0.463 e. The van der Waals surface area contributed by atoms with Crippen LogP contribution in [0.25, 0.3) is 0 Å². The molecule has 0 bridgehead atoms. The molecule has 720 valence electrons. The molecule has 16 nitrogen and oxygen atoms in total. The molecule has 125 heavy (non-hydrogen) atoms. The van der Waals surface area contributed by atoms with Crippen molar-refractivity contribution < 1.29 is 75.8 Å². The molecule has 18 heteroatoms. The Hall–Kier alpha value is -4.83. The van der Waals surface area contributed by atoms with Gasteiger partial charge in [-0.15, -0.1) is 0 Å². The molecule has 0 aliphatic rings. The monoisotopic (exact) mass is 1790 g/mol. The normalized spacial score (nSPS) is 14.3. The molecule has 0 aliphatic heterocycles. The molecule has 5 unspecified atom stereocenters. The number of phosphoric acid groups is 2. The van der Waals surface area contributed by atoms with E-state index in [0.29, 0.717) is 19.3 Å². The van der Waals surface area contributed by atoms with Gasteiger partial charge in [0.15, 0.2) is 6.10 Å². The molecule has 0 rings (SSSR count). The predicted molar refractivity (Wildman–Crippen MR) is 528 cm³/mol. The second kappa shape index (κ2) is 98.2. The highest BCUT2D eigenvalue weighted by Crippen LogP contribution is 2.45. The van der Waals surface area contributed by atoms with E-state index in [2.05, 4.69) is 179 Å². The molecular weight excluding hydrogens is 1600 g/mol. The molecule has 0 aliphatic carbocycles. The first-order valence-corrected chi connectivity index (χ1v) is 53.8. The van der Waals surface area contributed by atoms with Gasteiger partial charge in [-0.25, -0.2) is 9.13 Å². The third-order valence-electron chi connectivity index (χ3n) is 21.7. The molecule has 5 atom stereocenters. The maximum Gasteiger partial charge on any atom is 0.472 e. The molecule has 0 amide bonds. The fourth-order valence-electron chi connectivity index (χ4n) is 14.0. The van der Waals surface area contributed by atoms with Crippen molar-refractivity contribution in [2.45, 2.75) is 463 Å². The SMILES string of the molecule is CC/C=C\C/C=C\C/C=C\C/C=C\C/C=C\CCCCCCCCCCCCCCCCCC(=O)OCC(COP(=O)(O)OCC(O)COP(=O)(O)OCC(O)COC(=O)CCCCCCCCCCCCCCCCCCCCC/C=C\C/C=C\C/C=C\C/C=C\CCCCC)OC(=O)CCCCCCCCC/C=C\C/C=C\C/C=C\C/C=C\CCCCC. The van der Waals surface area contributed by atoms with Crippen molar-refractivity contribution in [3.05, 3.63) is 158 Å². The Balaban J connectivity index is 4.55. The van der Waals surface area contributed by atoms with E-state index in [0.717, 1.165) is 154 Å². The standard InChI is InChI=1S/C107H186O16P2/c1-4-7-10-13-16-19-22-25-28-31-34-37-40-42-44-46-48-49-50-51-53-55-56-58-61-63-66-69-72-75-78-81-84-87-90-93-105(110)117-96-102(108)97-119-124(113,114)120-98-103(109)99-121-125(115,116)122-101-104(123-107(112)95-92-89-86-83-80-77-74-71-68-65-60-39-36-33-30-27-24-21-18-15-12-9-6-3)100-118-106(111)94-91-88-85-82-79-76-73-70-67-64-62-59-57-54-52-47-45-43-41-38-35-32-29-26-23-20-17-14-11-8-5-2/h8,11,16-21,25-30,34-39,42-45,65,68,102-104,108-109H,4-7,9-10,12-15,22-24,31-33,40-41,46-64,66-67,69-101H2,1-3H3,(H,113,114)(H,115,116)/b11-8-,19-16-,20-17-,21-18-,28-25-,29-26-,30-27-,37-34-,38-35-,39-36-,44-42-,45-43-,68-65-. The lowest BCUT2D eigenvalue weighted by Gasteiger charge is -2.21. The summed E-state index contributed by atoms with van der Waals surface area (Å²) in [5.41, 5.74) is 0. The van der Waals surface area contributed by atoms with Crippen LogP contribution < -0.4 is 0 Å². The fraction of sp³-hybridized carbons (Fsp3) is 0.729. The molecular formula is C107H186O16P2. The zero-order chi connectivity index (χ0) is 90.7. The van der Waals surface area contributed by atoms with Crippen LogP contribution in [0.4, 0.5) is 0 Å². The molecule has 0 aromatic heterocycles.